The average molecular weight is 404 g/mol. The number of carbonyl (C=O) groups is 1. The molecule has 0 bridgehead atoms. The van der Waals surface area contributed by atoms with Gasteiger partial charge in [-0.3, -0.25) is 14.6 Å². The average Bonchev–Trinajstić information content (AvgIpc) is 3.13. The lowest BCUT2D eigenvalue weighted by Crippen LogP contribution is -2.48. The molecule has 2 aromatic rings. The second-order valence-electron chi connectivity index (χ2n) is 7.27. The lowest BCUT2D eigenvalue weighted by Gasteiger charge is -2.34. The van der Waals surface area contributed by atoms with E-state index >= 15 is 0 Å². The first kappa shape index (κ1) is 19.2. The molecule has 1 fully saturated rings. The SMILES string of the molecule is O=C(CN1CCN(Cc2ccc3c(c2)CCO3)CC1)Nc1ccc(Cl)cc1F. The molecule has 2 aliphatic heterocycles. The van der Waals surface area contributed by atoms with Crippen LogP contribution >= 0.6 is 11.6 Å². The molecule has 148 valence electrons. The van der Waals surface area contributed by atoms with Crippen LogP contribution in [0.4, 0.5) is 10.1 Å². The Labute approximate surface area is 169 Å². The number of ether oxygens (including phenoxy) is 1. The second kappa shape index (κ2) is 8.47. The molecule has 0 aliphatic carbocycles. The molecule has 0 radical (unpaired) electrons. The van der Waals surface area contributed by atoms with Crippen LogP contribution in [0.15, 0.2) is 36.4 Å². The number of nitrogens with zero attached hydrogens (tertiary/aromatic N) is 2. The third-order valence-electron chi connectivity index (χ3n) is 5.20. The molecule has 7 heteroatoms. The first-order valence-electron chi connectivity index (χ1n) is 9.51. The van der Waals surface area contributed by atoms with Crippen molar-refractivity contribution in [3.63, 3.8) is 0 Å². The number of carbonyl (C=O) groups excluding carboxylic acids is 1. The molecule has 0 spiro atoms. The normalized spacial score (nSPS) is 17.2. The third kappa shape index (κ3) is 4.63. The number of hydrogen-bond acceptors (Lipinski definition) is 4. The van der Waals surface area contributed by atoms with Crippen LogP contribution in [0.3, 0.4) is 0 Å². The fourth-order valence-electron chi connectivity index (χ4n) is 3.69. The third-order valence-corrected chi connectivity index (χ3v) is 5.43. The molecule has 0 unspecified atom stereocenters. The van der Waals surface area contributed by atoms with E-state index in [4.69, 9.17) is 16.3 Å². The van der Waals surface area contributed by atoms with Crippen LogP contribution in [0, 0.1) is 5.82 Å². The van der Waals surface area contributed by atoms with Gasteiger partial charge in [0.2, 0.25) is 5.91 Å². The Hall–Kier alpha value is -2.15. The number of hydrogen-bond donors (Lipinski definition) is 1. The minimum Gasteiger partial charge on any atom is -0.493 e. The molecule has 1 N–H and O–H groups in total. The summed E-state index contributed by atoms with van der Waals surface area (Å²) in [6, 6.07) is 10.7. The molecule has 1 saturated heterocycles. The molecule has 2 aromatic carbocycles. The van der Waals surface area contributed by atoms with Gasteiger partial charge >= 0.3 is 0 Å². The standard InChI is InChI=1S/C21H23ClFN3O2/c22-17-2-3-19(18(23)12-17)24-21(27)14-26-8-6-25(7-9-26)13-15-1-4-20-16(11-15)5-10-28-20/h1-4,11-12H,5-10,13-14H2,(H,24,27). The maximum Gasteiger partial charge on any atom is 0.238 e. The summed E-state index contributed by atoms with van der Waals surface area (Å²) < 4.78 is 19.4. The Kier molecular flexibility index (Phi) is 5.80. The number of piperazine rings is 1. The van der Waals surface area contributed by atoms with Gasteiger partial charge in [-0.15, -0.1) is 0 Å². The summed E-state index contributed by atoms with van der Waals surface area (Å²) in [6.07, 6.45) is 0.986. The van der Waals surface area contributed by atoms with Crippen LogP contribution in [0.25, 0.3) is 0 Å². The minimum absolute atomic E-state index is 0.161. The number of amides is 1. The van der Waals surface area contributed by atoms with Crippen molar-refractivity contribution in [2.45, 2.75) is 13.0 Å². The molecule has 5 nitrogen and oxygen atoms in total. The van der Waals surface area contributed by atoms with E-state index in [1.54, 1.807) is 6.07 Å². The molecule has 1 amide bonds. The van der Waals surface area contributed by atoms with Crippen LogP contribution in [-0.4, -0.2) is 55.0 Å². The summed E-state index contributed by atoms with van der Waals surface area (Å²) in [4.78, 5) is 16.7. The van der Waals surface area contributed by atoms with Crippen molar-refractivity contribution in [3.8, 4) is 5.75 Å². The van der Waals surface area contributed by atoms with Crippen molar-refractivity contribution in [3.05, 3.63) is 58.4 Å². The van der Waals surface area contributed by atoms with Crippen molar-refractivity contribution in [1.82, 2.24) is 9.80 Å². The quantitative estimate of drug-likeness (QED) is 0.832. The first-order valence-corrected chi connectivity index (χ1v) is 9.89. The zero-order chi connectivity index (χ0) is 19.5. The van der Waals surface area contributed by atoms with Gasteiger partial charge in [-0.2, -0.15) is 0 Å². The Morgan fingerprint density at radius 3 is 2.68 bits per heavy atom. The number of benzene rings is 2. The predicted octanol–water partition coefficient (Wildman–Crippen LogP) is 3.17. The van der Waals surface area contributed by atoms with Crippen molar-refractivity contribution in [1.29, 1.82) is 0 Å². The van der Waals surface area contributed by atoms with Crippen LogP contribution in [-0.2, 0) is 17.8 Å². The van der Waals surface area contributed by atoms with E-state index in [1.807, 2.05) is 0 Å². The Bertz CT molecular complexity index is 869. The summed E-state index contributed by atoms with van der Waals surface area (Å²) in [5.41, 5.74) is 2.75. The summed E-state index contributed by atoms with van der Waals surface area (Å²) in [7, 11) is 0. The molecule has 0 saturated carbocycles. The lowest BCUT2D eigenvalue weighted by atomic mass is 10.1. The van der Waals surface area contributed by atoms with Gasteiger partial charge < -0.3 is 10.1 Å². The van der Waals surface area contributed by atoms with Crippen LogP contribution in [0.1, 0.15) is 11.1 Å². The van der Waals surface area contributed by atoms with E-state index in [1.165, 1.54) is 23.3 Å². The molecule has 4 rings (SSSR count). The van der Waals surface area contributed by atoms with Gasteiger partial charge in [-0.05, 0) is 35.4 Å². The number of fused-ring (bicyclic) bond motifs is 1. The number of nitrogens with one attached hydrogen (secondary N) is 1. The van der Waals surface area contributed by atoms with Crippen molar-refractivity contribution >= 4 is 23.2 Å². The number of anilines is 1. The van der Waals surface area contributed by atoms with Crippen molar-refractivity contribution < 1.29 is 13.9 Å². The second-order valence-corrected chi connectivity index (χ2v) is 7.70. The van der Waals surface area contributed by atoms with Gasteiger partial charge in [0.25, 0.3) is 0 Å². The molecule has 2 aliphatic rings. The summed E-state index contributed by atoms with van der Waals surface area (Å²) in [5, 5.41) is 2.93. The smallest absolute Gasteiger partial charge is 0.238 e. The fourth-order valence-corrected chi connectivity index (χ4v) is 3.84. The van der Waals surface area contributed by atoms with Gasteiger partial charge in [0.15, 0.2) is 0 Å². The van der Waals surface area contributed by atoms with Crippen LogP contribution in [0.2, 0.25) is 5.02 Å². The van der Waals surface area contributed by atoms with Crippen molar-refractivity contribution in [2.75, 3.05) is 44.6 Å². The van der Waals surface area contributed by atoms with Crippen LogP contribution in [0.5, 0.6) is 5.75 Å². The maximum absolute atomic E-state index is 13.8. The largest absolute Gasteiger partial charge is 0.493 e. The van der Waals surface area contributed by atoms with E-state index in [0.29, 0.717) is 5.02 Å². The Morgan fingerprint density at radius 2 is 1.89 bits per heavy atom. The Balaban J connectivity index is 1.24. The number of halogens is 2. The highest BCUT2D eigenvalue weighted by atomic mass is 35.5. The molecule has 0 atom stereocenters. The topological polar surface area (TPSA) is 44.8 Å². The number of rotatable bonds is 5. The van der Waals surface area contributed by atoms with E-state index in [-0.39, 0.29) is 18.1 Å². The lowest BCUT2D eigenvalue weighted by molar-refractivity contribution is -0.117. The highest BCUT2D eigenvalue weighted by Crippen LogP contribution is 2.26. The molecule has 28 heavy (non-hydrogen) atoms. The van der Waals surface area contributed by atoms with E-state index in [0.717, 1.165) is 51.5 Å². The Morgan fingerprint density at radius 1 is 1.11 bits per heavy atom. The zero-order valence-corrected chi connectivity index (χ0v) is 16.3. The van der Waals surface area contributed by atoms with Gasteiger partial charge in [0.1, 0.15) is 11.6 Å². The van der Waals surface area contributed by atoms with E-state index in [2.05, 4.69) is 33.3 Å². The summed E-state index contributed by atoms with van der Waals surface area (Å²) >= 11 is 5.74. The van der Waals surface area contributed by atoms with Gasteiger partial charge in [0, 0.05) is 44.2 Å². The van der Waals surface area contributed by atoms with Crippen LogP contribution < -0.4 is 10.1 Å². The fraction of sp³-hybridized carbons (Fsp3) is 0.381. The predicted molar refractivity (Wildman–Crippen MR) is 107 cm³/mol. The minimum atomic E-state index is -0.523. The summed E-state index contributed by atoms with van der Waals surface area (Å²) in [6.45, 7) is 5.36. The molecule has 2 heterocycles. The monoisotopic (exact) mass is 403 g/mol. The van der Waals surface area contributed by atoms with Gasteiger partial charge in [-0.1, -0.05) is 23.7 Å². The molecular formula is C21H23ClFN3O2. The highest BCUT2D eigenvalue weighted by Gasteiger charge is 2.20. The first-order chi connectivity index (χ1) is 13.6. The maximum atomic E-state index is 13.8. The van der Waals surface area contributed by atoms with E-state index in [9.17, 15) is 9.18 Å². The molecular weight excluding hydrogens is 381 g/mol. The van der Waals surface area contributed by atoms with Gasteiger partial charge in [-0.25, -0.2) is 4.39 Å². The van der Waals surface area contributed by atoms with E-state index < -0.39 is 5.82 Å². The van der Waals surface area contributed by atoms with Gasteiger partial charge in [0.05, 0.1) is 18.8 Å². The zero-order valence-electron chi connectivity index (χ0n) is 15.6. The molecule has 0 aromatic heterocycles. The van der Waals surface area contributed by atoms with Crippen molar-refractivity contribution in [2.24, 2.45) is 0 Å². The summed E-state index contributed by atoms with van der Waals surface area (Å²) in [5.74, 6) is 0.274. The highest BCUT2D eigenvalue weighted by molar-refractivity contribution is 6.30.